The average Bonchev–Trinajstić information content (AvgIpc) is 2.87. The summed E-state index contributed by atoms with van der Waals surface area (Å²) in [4.78, 5) is 37.3. The highest BCUT2D eigenvalue weighted by atomic mass is 16.3. The lowest BCUT2D eigenvalue weighted by atomic mass is 9.44. The van der Waals surface area contributed by atoms with Gasteiger partial charge < -0.3 is 10.2 Å². The smallest absolute Gasteiger partial charge is 0.165 e. The number of Topliss-reactive ketones (excluding diaryl/α,β-unsaturated/α-hetero) is 2. The fraction of sp³-hybridized carbons (Fsp3) is 0.762. The Morgan fingerprint density at radius 2 is 1.77 bits per heavy atom. The van der Waals surface area contributed by atoms with E-state index in [1.807, 2.05) is 13.0 Å². The van der Waals surface area contributed by atoms with Crippen molar-refractivity contribution in [1.82, 2.24) is 0 Å². The van der Waals surface area contributed by atoms with Crippen LogP contribution in [0.2, 0.25) is 0 Å². The molecule has 0 aromatic carbocycles. The number of fused-ring (bicyclic) bond motifs is 5. The van der Waals surface area contributed by atoms with E-state index in [4.69, 9.17) is 0 Å². The molecule has 1 unspecified atom stereocenters. The lowest BCUT2D eigenvalue weighted by Gasteiger charge is -2.59. The Labute approximate surface area is 153 Å². The fourth-order valence-corrected chi connectivity index (χ4v) is 6.98. The van der Waals surface area contributed by atoms with Gasteiger partial charge in [-0.15, -0.1) is 0 Å². The van der Waals surface area contributed by atoms with E-state index < -0.39 is 22.5 Å². The molecule has 0 spiro atoms. The maximum atomic E-state index is 13.2. The van der Waals surface area contributed by atoms with Gasteiger partial charge in [0.15, 0.2) is 17.3 Å². The molecule has 0 bridgehead atoms. The molecule has 4 aliphatic rings. The quantitative estimate of drug-likeness (QED) is 0.744. The summed E-state index contributed by atoms with van der Waals surface area (Å²) >= 11 is 0. The second kappa shape index (κ2) is 5.35. The van der Waals surface area contributed by atoms with Crippen molar-refractivity contribution in [3.8, 4) is 0 Å². The van der Waals surface area contributed by atoms with E-state index in [9.17, 15) is 24.6 Å². The van der Waals surface area contributed by atoms with Gasteiger partial charge in [0.25, 0.3) is 0 Å². The van der Waals surface area contributed by atoms with E-state index in [1.54, 1.807) is 6.08 Å². The predicted octanol–water partition coefficient (Wildman–Crippen LogP) is 1.84. The zero-order chi connectivity index (χ0) is 19.1. The van der Waals surface area contributed by atoms with Crippen LogP contribution in [0.15, 0.2) is 12.2 Å². The summed E-state index contributed by atoms with van der Waals surface area (Å²) in [6.07, 6.45) is 4.97. The zero-order valence-electron chi connectivity index (χ0n) is 15.7. The van der Waals surface area contributed by atoms with E-state index in [-0.39, 0.29) is 47.4 Å². The summed E-state index contributed by atoms with van der Waals surface area (Å²) < 4.78 is 0. The summed E-state index contributed by atoms with van der Waals surface area (Å²) in [5, 5.41) is 21.9. The molecule has 142 valence electrons. The fourth-order valence-electron chi connectivity index (χ4n) is 6.98. The minimum atomic E-state index is -1.38. The molecule has 0 heterocycles. The maximum Gasteiger partial charge on any atom is 0.165 e. The summed E-state index contributed by atoms with van der Waals surface area (Å²) in [7, 11) is 0. The normalized spacial score (nSPS) is 53.0. The number of carbonyl (C=O) groups is 3. The molecule has 0 radical (unpaired) electrons. The molecule has 5 nitrogen and oxygen atoms in total. The van der Waals surface area contributed by atoms with Gasteiger partial charge in [0.05, 0.1) is 0 Å². The van der Waals surface area contributed by atoms with Crippen LogP contribution in [0.25, 0.3) is 0 Å². The molecular formula is C21H28O5. The first-order chi connectivity index (χ1) is 12.1. The van der Waals surface area contributed by atoms with Crippen LogP contribution in [0, 0.1) is 34.5 Å². The second-order valence-corrected chi connectivity index (χ2v) is 9.47. The molecule has 4 aliphatic carbocycles. The van der Waals surface area contributed by atoms with Crippen molar-refractivity contribution in [2.75, 3.05) is 0 Å². The summed E-state index contributed by atoms with van der Waals surface area (Å²) in [6.45, 7) is 5.43. The van der Waals surface area contributed by atoms with Crippen LogP contribution in [-0.4, -0.2) is 39.3 Å². The number of hydrogen-bond donors (Lipinski definition) is 2. The number of allylic oxidation sites excluding steroid dienone is 2. The van der Waals surface area contributed by atoms with Gasteiger partial charge in [-0.2, -0.15) is 0 Å². The lowest BCUT2D eigenvalue weighted by molar-refractivity contribution is -0.180. The van der Waals surface area contributed by atoms with E-state index in [1.165, 1.54) is 6.92 Å². The highest BCUT2D eigenvalue weighted by molar-refractivity contribution is 5.94. The van der Waals surface area contributed by atoms with Crippen molar-refractivity contribution in [3.05, 3.63) is 12.2 Å². The Balaban J connectivity index is 1.79. The Hall–Kier alpha value is -1.33. The molecule has 0 aromatic heterocycles. The van der Waals surface area contributed by atoms with Crippen molar-refractivity contribution in [3.63, 3.8) is 0 Å². The first-order valence-corrected chi connectivity index (χ1v) is 9.73. The molecule has 0 aromatic rings. The average molecular weight is 360 g/mol. The van der Waals surface area contributed by atoms with Crippen LogP contribution in [-0.2, 0) is 14.4 Å². The van der Waals surface area contributed by atoms with Gasteiger partial charge in [-0.1, -0.05) is 19.9 Å². The third-order valence-electron chi connectivity index (χ3n) is 8.65. The maximum absolute atomic E-state index is 13.2. The molecule has 26 heavy (non-hydrogen) atoms. The summed E-state index contributed by atoms with van der Waals surface area (Å²) in [5.74, 6) is -1.25. The highest BCUT2D eigenvalue weighted by Gasteiger charge is 2.68. The van der Waals surface area contributed by atoms with Crippen LogP contribution in [0.1, 0.15) is 52.9 Å². The van der Waals surface area contributed by atoms with E-state index >= 15 is 0 Å². The molecule has 4 rings (SSSR count). The molecule has 0 aliphatic heterocycles. The number of hydrogen-bond acceptors (Lipinski definition) is 5. The van der Waals surface area contributed by atoms with E-state index in [2.05, 4.69) is 6.92 Å². The Morgan fingerprint density at radius 1 is 1.12 bits per heavy atom. The van der Waals surface area contributed by atoms with Crippen LogP contribution in [0.4, 0.5) is 0 Å². The van der Waals surface area contributed by atoms with E-state index in [0.717, 1.165) is 6.42 Å². The Kier molecular flexibility index (Phi) is 3.72. The minimum Gasteiger partial charge on any atom is -0.385 e. The number of aliphatic hydroxyl groups is 2. The largest absolute Gasteiger partial charge is 0.385 e. The van der Waals surface area contributed by atoms with Gasteiger partial charge in [0.1, 0.15) is 11.7 Å². The lowest BCUT2D eigenvalue weighted by Crippen LogP contribution is -2.63. The van der Waals surface area contributed by atoms with Gasteiger partial charge in [0, 0.05) is 23.7 Å². The molecule has 0 saturated heterocycles. The van der Waals surface area contributed by atoms with Gasteiger partial charge in [-0.3, -0.25) is 14.4 Å². The van der Waals surface area contributed by atoms with Gasteiger partial charge in [-0.25, -0.2) is 0 Å². The summed E-state index contributed by atoms with van der Waals surface area (Å²) in [5.41, 5.74) is -2.42. The molecule has 0 amide bonds. The van der Waals surface area contributed by atoms with Crippen LogP contribution < -0.4 is 0 Å². The Bertz CT molecular complexity index is 726. The number of aliphatic hydroxyl groups excluding tert-OH is 1. The number of ketones is 3. The van der Waals surface area contributed by atoms with Crippen molar-refractivity contribution in [1.29, 1.82) is 0 Å². The highest BCUT2D eigenvalue weighted by Crippen LogP contribution is 2.66. The topological polar surface area (TPSA) is 91.7 Å². The molecular weight excluding hydrogens is 332 g/mol. The first kappa shape index (κ1) is 18.1. The molecule has 5 heteroatoms. The molecule has 8 atom stereocenters. The van der Waals surface area contributed by atoms with Crippen LogP contribution in [0.5, 0.6) is 0 Å². The minimum absolute atomic E-state index is 0.0368. The van der Waals surface area contributed by atoms with Gasteiger partial charge >= 0.3 is 0 Å². The van der Waals surface area contributed by atoms with Crippen molar-refractivity contribution in [2.45, 2.75) is 64.6 Å². The van der Waals surface area contributed by atoms with Crippen LogP contribution >= 0.6 is 0 Å². The van der Waals surface area contributed by atoms with Gasteiger partial charge in [0.2, 0.25) is 0 Å². The zero-order valence-corrected chi connectivity index (χ0v) is 15.7. The molecule has 2 N–H and O–H groups in total. The van der Waals surface area contributed by atoms with Crippen molar-refractivity contribution >= 4 is 17.3 Å². The number of carbonyl (C=O) groups excluding carboxylic acids is 3. The SMILES string of the molecule is CC(=O)[C@@]1(O)CC[C@H]2[C@@H]3C(=O)[C@H](O)C4CC(=O)C=C[C@]4(C)[C@H]3CC[C@@]21C. The Morgan fingerprint density at radius 3 is 2.42 bits per heavy atom. The first-order valence-electron chi connectivity index (χ1n) is 9.73. The second-order valence-electron chi connectivity index (χ2n) is 9.47. The molecule has 3 fully saturated rings. The standard InChI is InChI=1S/C21H28O5/c1-11(22)21(26)9-6-14-16-13(5-8-20(14,21)3)19(2)7-4-12(23)10-15(19)17(24)18(16)25/h4,7,13-17,24,26H,5-6,8-10H2,1-3H3/t13-,14-,15?,16+,17+,19+,20-,21-/m0/s1. The van der Waals surface area contributed by atoms with Gasteiger partial charge in [-0.05, 0) is 55.9 Å². The number of rotatable bonds is 1. The van der Waals surface area contributed by atoms with E-state index in [0.29, 0.717) is 19.3 Å². The summed E-state index contributed by atoms with van der Waals surface area (Å²) in [6, 6.07) is 0. The van der Waals surface area contributed by atoms with Crippen LogP contribution in [0.3, 0.4) is 0 Å². The molecule has 3 saturated carbocycles. The third kappa shape index (κ3) is 1.96. The van der Waals surface area contributed by atoms with Crippen molar-refractivity contribution < 1.29 is 24.6 Å². The van der Waals surface area contributed by atoms with Crippen molar-refractivity contribution in [2.24, 2.45) is 34.5 Å². The third-order valence-corrected chi connectivity index (χ3v) is 8.65. The monoisotopic (exact) mass is 360 g/mol. The predicted molar refractivity (Wildman–Crippen MR) is 94.1 cm³/mol.